The number of hydrogen-bond acceptors (Lipinski definition) is 5. The fourth-order valence-corrected chi connectivity index (χ4v) is 4.63. The molecule has 0 saturated heterocycles. The van der Waals surface area contributed by atoms with Crippen LogP contribution in [-0.2, 0) is 24.3 Å². The summed E-state index contributed by atoms with van der Waals surface area (Å²) in [6, 6.07) is 0. The molecule has 0 unspecified atom stereocenters. The minimum Gasteiger partial charge on any atom is -0.369 e. The first-order chi connectivity index (χ1) is 10.9. The molecule has 4 nitrogen and oxygen atoms in total. The van der Waals surface area contributed by atoms with E-state index in [0.29, 0.717) is 13.2 Å². The highest BCUT2D eigenvalue weighted by Crippen LogP contribution is 2.38. The number of aromatic nitrogens is 2. The number of allylic oxidation sites excluding steroid dienone is 1. The van der Waals surface area contributed by atoms with Crippen LogP contribution in [0.1, 0.15) is 37.6 Å². The summed E-state index contributed by atoms with van der Waals surface area (Å²) in [5, 5.41) is 1.54. The highest BCUT2D eigenvalue weighted by molar-refractivity contribution is 7.98. The van der Waals surface area contributed by atoms with E-state index in [-0.39, 0.29) is 11.2 Å². The van der Waals surface area contributed by atoms with Gasteiger partial charge in [0.25, 0.3) is 5.56 Å². The van der Waals surface area contributed by atoms with Crippen LogP contribution in [0.3, 0.4) is 0 Å². The van der Waals surface area contributed by atoms with Gasteiger partial charge in [0.05, 0.1) is 17.6 Å². The van der Waals surface area contributed by atoms with Gasteiger partial charge in [0.2, 0.25) is 0 Å². The van der Waals surface area contributed by atoms with Crippen molar-refractivity contribution >= 4 is 33.3 Å². The Hall–Kier alpha value is -1.11. The smallest absolute Gasteiger partial charge is 0.263 e. The largest absolute Gasteiger partial charge is 0.369 e. The van der Waals surface area contributed by atoms with Gasteiger partial charge in [-0.05, 0) is 32.1 Å². The van der Waals surface area contributed by atoms with Crippen LogP contribution in [0.25, 0.3) is 10.2 Å². The van der Waals surface area contributed by atoms with Crippen molar-refractivity contribution in [3.63, 3.8) is 0 Å². The van der Waals surface area contributed by atoms with Crippen molar-refractivity contribution in [3.8, 4) is 0 Å². The van der Waals surface area contributed by atoms with Gasteiger partial charge < -0.3 is 4.74 Å². The van der Waals surface area contributed by atoms with Crippen molar-refractivity contribution in [2.45, 2.75) is 57.5 Å². The Morgan fingerprint density at radius 2 is 2.30 bits per heavy atom. The second kappa shape index (κ2) is 6.07. The summed E-state index contributed by atoms with van der Waals surface area (Å²) in [7, 11) is 0. The fraction of sp³-hybridized carbons (Fsp3) is 0.529. The fourth-order valence-electron chi connectivity index (χ4n) is 2.93. The average molecular weight is 351 g/mol. The lowest BCUT2D eigenvalue weighted by Gasteiger charge is -2.32. The lowest BCUT2D eigenvalue weighted by Crippen LogP contribution is -2.34. The maximum absolute atomic E-state index is 13.1. The van der Waals surface area contributed by atoms with E-state index in [4.69, 9.17) is 9.72 Å². The van der Waals surface area contributed by atoms with Crippen molar-refractivity contribution in [2.24, 2.45) is 0 Å². The van der Waals surface area contributed by atoms with Crippen LogP contribution in [0.4, 0.5) is 0 Å². The second-order valence-electron chi connectivity index (χ2n) is 6.40. The molecular formula is C17H22N2O2S2. The van der Waals surface area contributed by atoms with Crippen molar-refractivity contribution < 1.29 is 4.74 Å². The van der Waals surface area contributed by atoms with Gasteiger partial charge in [-0.3, -0.25) is 9.36 Å². The van der Waals surface area contributed by atoms with E-state index in [9.17, 15) is 4.79 Å². The lowest BCUT2D eigenvalue weighted by molar-refractivity contribution is -0.0543. The third-order valence-electron chi connectivity index (χ3n) is 4.42. The Morgan fingerprint density at radius 1 is 1.57 bits per heavy atom. The van der Waals surface area contributed by atoms with Gasteiger partial charge in [-0.25, -0.2) is 4.98 Å². The molecule has 1 atom stereocenters. The first-order valence-electron chi connectivity index (χ1n) is 7.76. The van der Waals surface area contributed by atoms with Gasteiger partial charge in [0.1, 0.15) is 4.83 Å². The molecule has 0 fully saturated rings. The molecule has 0 bridgehead atoms. The zero-order valence-electron chi connectivity index (χ0n) is 14.1. The van der Waals surface area contributed by atoms with Crippen molar-refractivity contribution in [2.75, 3.05) is 6.26 Å². The lowest BCUT2D eigenvalue weighted by atomic mass is 9.90. The molecule has 1 aliphatic rings. The molecule has 0 N–H and O–H groups in total. The molecule has 3 heterocycles. The molecular weight excluding hydrogens is 328 g/mol. The number of thiophene rings is 1. The van der Waals surface area contributed by atoms with Crippen LogP contribution in [0.2, 0.25) is 0 Å². The Balaban J connectivity index is 2.25. The summed E-state index contributed by atoms with van der Waals surface area (Å²) >= 11 is 3.10. The van der Waals surface area contributed by atoms with E-state index in [1.54, 1.807) is 15.9 Å². The zero-order chi connectivity index (χ0) is 16.8. The number of rotatable bonds is 4. The van der Waals surface area contributed by atoms with E-state index in [2.05, 4.69) is 20.4 Å². The summed E-state index contributed by atoms with van der Waals surface area (Å²) in [5.74, 6) is 0. The van der Waals surface area contributed by atoms with E-state index >= 15 is 0 Å². The van der Waals surface area contributed by atoms with Gasteiger partial charge in [-0.2, -0.15) is 0 Å². The Kier molecular flexibility index (Phi) is 4.42. The van der Waals surface area contributed by atoms with Crippen molar-refractivity contribution in [3.05, 3.63) is 32.9 Å². The summed E-state index contributed by atoms with van der Waals surface area (Å²) in [4.78, 5) is 19.8. The number of hydrogen-bond donors (Lipinski definition) is 0. The minimum absolute atomic E-state index is 0.0557. The molecule has 1 aliphatic heterocycles. The summed E-state index contributed by atoms with van der Waals surface area (Å²) in [6.45, 7) is 11.2. The van der Waals surface area contributed by atoms with Crippen LogP contribution in [0.5, 0.6) is 0 Å². The average Bonchev–Trinajstić information content (AvgIpc) is 2.87. The summed E-state index contributed by atoms with van der Waals surface area (Å²) in [5.41, 5.74) is 1.96. The van der Waals surface area contributed by atoms with E-state index in [1.165, 1.54) is 11.8 Å². The first-order valence-corrected chi connectivity index (χ1v) is 9.80. The number of thioether (sulfide) groups is 1. The van der Waals surface area contributed by atoms with Crippen LogP contribution in [-0.4, -0.2) is 21.4 Å². The van der Waals surface area contributed by atoms with Crippen LogP contribution in [0, 0.1) is 0 Å². The first kappa shape index (κ1) is 16.7. The Labute approximate surface area is 144 Å². The molecule has 0 spiro atoms. The molecule has 2 aromatic rings. The van der Waals surface area contributed by atoms with E-state index in [0.717, 1.165) is 44.2 Å². The molecule has 23 heavy (non-hydrogen) atoms. The number of ether oxygens (including phenoxy) is 1. The topological polar surface area (TPSA) is 44.1 Å². The summed E-state index contributed by atoms with van der Waals surface area (Å²) < 4.78 is 7.77. The molecule has 0 aromatic carbocycles. The molecule has 0 saturated carbocycles. The molecule has 0 radical (unpaired) electrons. The third-order valence-corrected chi connectivity index (χ3v) is 6.20. The number of fused-ring (bicyclic) bond motifs is 3. The van der Waals surface area contributed by atoms with Crippen LogP contribution in [0.15, 0.2) is 22.1 Å². The minimum atomic E-state index is -0.190. The van der Waals surface area contributed by atoms with Gasteiger partial charge in [-0.15, -0.1) is 11.3 Å². The maximum atomic E-state index is 13.1. The predicted octanol–water partition coefficient (Wildman–Crippen LogP) is 4.00. The normalized spacial score (nSPS) is 20.7. The van der Waals surface area contributed by atoms with E-state index < -0.39 is 0 Å². The highest BCUT2D eigenvalue weighted by Gasteiger charge is 2.33. The molecule has 124 valence electrons. The van der Waals surface area contributed by atoms with Gasteiger partial charge >= 0.3 is 0 Å². The van der Waals surface area contributed by atoms with Crippen LogP contribution < -0.4 is 5.56 Å². The Morgan fingerprint density at radius 3 is 2.91 bits per heavy atom. The highest BCUT2D eigenvalue weighted by atomic mass is 32.2. The molecule has 3 rings (SSSR count). The summed E-state index contributed by atoms with van der Waals surface area (Å²) in [6.07, 6.45) is 3.66. The number of nitrogens with zero attached hydrogens (tertiary/aromatic N) is 2. The second-order valence-corrected chi connectivity index (χ2v) is 8.26. The molecule has 0 aliphatic carbocycles. The van der Waals surface area contributed by atoms with Gasteiger partial charge in [0, 0.05) is 17.8 Å². The monoisotopic (exact) mass is 350 g/mol. The zero-order valence-corrected chi connectivity index (χ0v) is 15.7. The quantitative estimate of drug-likeness (QED) is 0.475. The predicted molar refractivity (Wildman–Crippen MR) is 97.7 cm³/mol. The van der Waals surface area contributed by atoms with Gasteiger partial charge in [0.15, 0.2) is 5.16 Å². The SMILES string of the molecule is C=C(C)Cn1c(SC)nc2sc3c(c2c1=O)C[C@](C)(CC)OC3. The molecule has 0 amide bonds. The van der Waals surface area contributed by atoms with E-state index in [1.807, 2.05) is 13.2 Å². The van der Waals surface area contributed by atoms with Crippen molar-refractivity contribution in [1.82, 2.24) is 9.55 Å². The van der Waals surface area contributed by atoms with Gasteiger partial charge in [-0.1, -0.05) is 30.8 Å². The van der Waals surface area contributed by atoms with Crippen molar-refractivity contribution in [1.29, 1.82) is 0 Å². The molecule has 2 aromatic heterocycles. The third kappa shape index (κ3) is 2.88. The standard InChI is InChI=1S/C17H22N2O2S2/c1-6-17(4)7-11-12(9-21-17)23-14-13(11)15(20)19(8-10(2)3)16(18-14)22-5/h2,6-9H2,1,3-5H3/t17-/m0/s1. The van der Waals surface area contributed by atoms with Crippen LogP contribution >= 0.6 is 23.1 Å². The molecule has 6 heteroatoms. The maximum Gasteiger partial charge on any atom is 0.263 e. The Bertz CT molecular complexity index is 837.